The Labute approximate surface area is 142 Å². The number of benzene rings is 1. The molecule has 6 nitrogen and oxygen atoms in total. The normalized spacial score (nSPS) is 16.5. The van der Waals surface area contributed by atoms with Crippen LogP contribution in [-0.4, -0.2) is 39.0 Å². The van der Waals surface area contributed by atoms with Crippen molar-refractivity contribution in [2.45, 2.75) is 31.7 Å². The molecule has 2 N–H and O–H groups in total. The molecule has 1 aromatic carbocycles. The molecule has 1 aromatic heterocycles. The second kappa shape index (κ2) is 7.49. The summed E-state index contributed by atoms with van der Waals surface area (Å²) in [5, 5.41) is 16.3. The Kier molecular flexibility index (Phi) is 5.15. The molecule has 1 aliphatic carbocycles. The van der Waals surface area contributed by atoms with Crippen molar-refractivity contribution < 1.29 is 9.90 Å². The van der Waals surface area contributed by atoms with Crippen LogP contribution in [0.1, 0.15) is 36.4 Å². The van der Waals surface area contributed by atoms with Crippen LogP contribution in [0.15, 0.2) is 36.5 Å². The minimum absolute atomic E-state index is 0.0465. The van der Waals surface area contributed by atoms with Crippen LogP contribution in [0.25, 0.3) is 0 Å². The van der Waals surface area contributed by atoms with E-state index in [9.17, 15) is 9.90 Å². The number of urea groups is 1. The van der Waals surface area contributed by atoms with Crippen LogP contribution in [0.2, 0.25) is 0 Å². The standard InChI is InChI=1S/C18H24N4O2/c1-21-12-10-17(20-21)19-18(24)22(11-5-13-23)16-9-4-7-14-6-2-3-8-15(14)16/h2-3,6,8,10,12,16,23H,4-5,7,9,11,13H2,1H3,(H,19,20,24). The van der Waals surface area contributed by atoms with Gasteiger partial charge in [-0.1, -0.05) is 24.3 Å². The van der Waals surface area contributed by atoms with Gasteiger partial charge in [-0.25, -0.2) is 4.79 Å². The third-order valence-corrected chi connectivity index (χ3v) is 4.48. The number of aromatic nitrogens is 2. The molecular formula is C18H24N4O2. The van der Waals surface area contributed by atoms with Crippen molar-refractivity contribution in [1.29, 1.82) is 0 Å². The van der Waals surface area contributed by atoms with Gasteiger partial charge in [0, 0.05) is 32.5 Å². The van der Waals surface area contributed by atoms with Crippen molar-refractivity contribution in [3.8, 4) is 0 Å². The smallest absolute Gasteiger partial charge is 0.323 e. The van der Waals surface area contributed by atoms with Gasteiger partial charge < -0.3 is 10.0 Å². The van der Waals surface area contributed by atoms with E-state index < -0.39 is 0 Å². The first-order valence-corrected chi connectivity index (χ1v) is 8.45. The maximum Gasteiger partial charge on any atom is 0.323 e. The Hall–Kier alpha value is -2.34. The molecule has 1 aliphatic rings. The number of anilines is 1. The number of carbonyl (C=O) groups is 1. The lowest BCUT2D eigenvalue weighted by Crippen LogP contribution is -2.40. The van der Waals surface area contributed by atoms with Gasteiger partial charge in [-0.3, -0.25) is 10.00 Å². The van der Waals surface area contributed by atoms with E-state index >= 15 is 0 Å². The van der Waals surface area contributed by atoms with Crippen LogP contribution in [0.3, 0.4) is 0 Å². The van der Waals surface area contributed by atoms with E-state index in [0.717, 1.165) is 19.3 Å². The molecule has 24 heavy (non-hydrogen) atoms. The van der Waals surface area contributed by atoms with Gasteiger partial charge in [0.1, 0.15) is 0 Å². The second-order valence-corrected chi connectivity index (χ2v) is 6.18. The zero-order valence-corrected chi connectivity index (χ0v) is 14.0. The highest BCUT2D eigenvalue weighted by Crippen LogP contribution is 2.34. The van der Waals surface area contributed by atoms with Gasteiger partial charge in [-0.15, -0.1) is 0 Å². The first-order valence-electron chi connectivity index (χ1n) is 8.45. The van der Waals surface area contributed by atoms with Crippen LogP contribution in [0.4, 0.5) is 10.6 Å². The number of rotatable bonds is 5. The van der Waals surface area contributed by atoms with E-state index in [-0.39, 0.29) is 18.7 Å². The van der Waals surface area contributed by atoms with E-state index in [1.807, 2.05) is 24.1 Å². The summed E-state index contributed by atoms with van der Waals surface area (Å²) >= 11 is 0. The Morgan fingerprint density at radius 1 is 1.42 bits per heavy atom. The fourth-order valence-electron chi connectivity index (χ4n) is 3.36. The molecule has 0 aliphatic heterocycles. The number of hydrogen-bond donors (Lipinski definition) is 2. The van der Waals surface area contributed by atoms with E-state index in [0.29, 0.717) is 18.8 Å². The van der Waals surface area contributed by atoms with Crippen LogP contribution in [0, 0.1) is 0 Å². The average molecular weight is 328 g/mol. The lowest BCUT2D eigenvalue weighted by molar-refractivity contribution is 0.169. The van der Waals surface area contributed by atoms with Gasteiger partial charge in [0.2, 0.25) is 0 Å². The molecule has 1 unspecified atom stereocenters. The van der Waals surface area contributed by atoms with E-state index in [1.165, 1.54) is 11.1 Å². The topological polar surface area (TPSA) is 70.4 Å². The molecule has 128 valence electrons. The van der Waals surface area contributed by atoms with E-state index in [2.05, 4.69) is 22.5 Å². The molecular weight excluding hydrogens is 304 g/mol. The summed E-state index contributed by atoms with van der Waals surface area (Å²) in [5.41, 5.74) is 2.53. The molecule has 1 heterocycles. The van der Waals surface area contributed by atoms with Crippen LogP contribution in [0.5, 0.6) is 0 Å². The molecule has 0 radical (unpaired) electrons. The zero-order valence-electron chi connectivity index (χ0n) is 14.0. The van der Waals surface area contributed by atoms with E-state index in [4.69, 9.17) is 0 Å². The predicted octanol–water partition coefficient (Wildman–Crippen LogP) is 2.71. The minimum Gasteiger partial charge on any atom is -0.396 e. The summed E-state index contributed by atoms with van der Waals surface area (Å²) < 4.78 is 1.66. The molecule has 0 saturated carbocycles. The summed E-state index contributed by atoms with van der Waals surface area (Å²) in [4.78, 5) is 14.7. The maximum atomic E-state index is 12.8. The summed E-state index contributed by atoms with van der Waals surface area (Å²) in [6.45, 7) is 0.593. The Morgan fingerprint density at radius 2 is 2.25 bits per heavy atom. The number of aryl methyl sites for hydroxylation is 2. The number of aliphatic hydroxyl groups excluding tert-OH is 1. The summed E-state index contributed by atoms with van der Waals surface area (Å²) in [5.74, 6) is 0.542. The Morgan fingerprint density at radius 3 is 3.00 bits per heavy atom. The van der Waals surface area contributed by atoms with Crippen molar-refractivity contribution in [3.05, 3.63) is 47.7 Å². The quantitative estimate of drug-likeness (QED) is 0.886. The lowest BCUT2D eigenvalue weighted by Gasteiger charge is -2.35. The monoisotopic (exact) mass is 328 g/mol. The van der Waals surface area contributed by atoms with Crippen LogP contribution >= 0.6 is 0 Å². The number of fused-ring (bicyclic) bond motifs is 1. The first kappa shape index (κ1) is 16.5. The number of amides is 2. The molecule has 0 saturated heterocycles. The molecule has 6 heteroatoms. The van der Waals surface area contributed by atoms with Gasteiger partial charge in [-0.2, -0.15) is 5.10 Å². The van der Waals surface area contributed by atoms with Crippen LogP contribution in [-0.2, 0) is 13.5 Å². The van der Waals surface area contributed by atoms with Crippen molar-refractivity contribution in [2.75, 3.05) is 18.5 Å². The fourth-order valence-corrected chi connectivity index (χ4v) is 3.36. The molecule has 2 aromatic rings. The molecule has 0 spiro atoms. The number of carbonyl (C=O) groups excluding carboxylic acids is 1. The highest BCUT2D eigenvalue weighted by Gasteiger charge is 2.29. The Bertz CT molecular complexity index is 698. The van der Waals surface area contributed by atoms with Crippen molar-refractivity contribution in [3.63, 3.8) is 0 Å². The Balaban J connectivity index is 1.82. The fraction of sp³-hybridized carbons (Fsp3) is 0.444. The molecule has 0 fully saturated rings. The van der Waals surface area contributed by atoms with Crippen molar-refractivity contribution >= 4 is 11.8 Å². The first-order chi connectivity index (χ1) is 11.7. The third-order valence-electron chi connectivity index (χ3n) is 4.48. The van der Waals surface area contributed by atoms with Gasteiger partial charge in [0.05, 0.1) is 6.04 Å². The van der Waals surface area contributed by atoms with E-state index in [1.54, 1.807) is 16.9 Å². The van der Waals surface area contributed by atoms with Crippen molar-refractivity contribution in [2.24, 2.45) is 7.05 Å². The molecule has 2 amide bonds. The summed E-state index contributed by atoms with van der Waals surface area (Å²) in [6.07, 6.45) is 5.42. The number of aliphatic hydroxyl groups is 1. The van der Waals surface area contributed by atoms with Gasteiger partial charge in [0.25, 0.3) is 0 Å². The SMILES string of the molecule is Cn1ccc(NC(=O)N(CCCO)C2CCCc3ccccc32)n1. The summed E-state index contributed by atoms with van der Waals surface area (Å²) in [7, 11) is 1.82. The number of nitrogens with one attached hydrogen (secondary N) is 1. The van der Waals surface area contributed by atoms with Gasteiger partial charge in [0.15, 0.2) is 5.82 Å². The third kappa shape index (κ3) is 3.59. The highest BCUT2D eigenvalue weighted by molar-refractivity contribution is 5.88. The van der Waals surface area contributed by atoms with Crippen LogP contribution < -0.4 is 5.32 Å². The molecule has 0 bridgehead atoms. The van der Waals surface area contributed by atoms with Gasteiger partial charge in [-0.05, 0) is 36.8 Å². The lowest BCUT2D eigenvalue weighted by atomic mass is 9.87. The zero-order chi connectivity index (χ0) is 16.9. The highest BCUT2D eigenvalue weighted by atomic mass is 16.3. The average Bonchev–Trinajstić information content (AvgIpc) is 3.00. The second-order valence-electron chi connectivity index (χ2n) is 6.18. The van der Waals surface area contributed by atoms with Gasteiger partial charge >= 0.3 is 6.03 Å². The minimum atomic E-state index is -0.163. The molecule has 3 rings (SSSR count). The largest absolute Gasteiger partial charge is 0.396 e. The van der Waals surface area contributed by atoms with Crippen molar-refractivity contribution in [1.82, 2.24) is 14.7 Å². The predicted molar refractivity (Wildman–Crippen MR) is 92.8 cm³/mol. The molecule has 1 atom stereocenters. The number of nitrogens with zero attached hydrogens (tertiary/aromatic N) is 3. The summed E-state index contributed by atoms with van der Waals surface area (Å²) in [6, 6.07) is 9.98. The maximum absolute atomic E-state index is 12.8. The number of hydrogen-bond acceptors (Lipinski definition) is 3.